The number of benzene rings is 3. The minimum atomic E-state index is -3.68. The minimum absolute atomic E-state index is 0.249. The van der Waals surface area contributed by atoms with Crippen LogP contribution in [-0.2, 0) is 10.0 Å². The molecule has 0 radical (unpaired) electrons. The van der Waals surface area contributed by atoms with Gasteiger partial charge in [0.25, 0.3) is 10.0 Å². The van der Waals surface area contributed by atoms with E-state index in [2.05, 4.69) is 41.0 Å². The Morgan fingerprint density at radius 2 is 1.80 bits per heavy atom. The largest absolute Gasteiger partial charge is 0.340 e. The van der Waals surface area contributed by atoms with Gasteiger partial charge in [0.05, 0.1) is 15.9 Å². The molecule has 0 spiro atoms. The van der Waals surface area contributed by atoms with Gasteiger partial charge < -0.3 is 5.32 Å². The number of anilines is 2. The molecular weight excluding hydrogens is 456 g/mol. The van der Waals surface area contributed by atoms with E-state index in [1.807, 2.05) is 30.3 Å². The van der Waals surface area contributed by atoms with E-state index < -0.39 is 10.0 Å². The molecule has 0 atom stereocenters. The second kappa shape index (κ2) is 9.24. The van der Waals surface area contributed by atoms with Crippen molar-refractivity contribution >= 4 is 43.3 Å². The first-order chi connectivity index (χ1) is 16.9. The van der Waals surface area contributed by atoms with Crippen LogP contribution < -0.4 is 5.32 Å². The molecule has 5 aromatic rings. The highest BCUT2D eigenvalue weighted by Gasteiger charge is 2.18. The lowest BCUT2D eigenvalue weighted by molar-refractivity contribution is 0.589. The number of nitrogens with one attached hydrogen (secondary N) is 1. The van der Waals surface area contributed by atoms with E-state index in [1.165, 1.54) is 10.3 Å². The number of hydrogen-bond donors (Lipinski definition) is 1. The summed E-state index contributed by atoms with van der Waals surface area (Å²) in [6.07, 6.45) is 3.95. The maximum atomic E-state index is 13.1. The van der Waals surface area contributed by atoms with Gasteiger partial charge in [0.2, 0.25) is 0 Å². The minimum Gasteiger partial charge on any atom is -0.340 e. The van der Waals surface area contributed by atoms with E-state index in [4.69, 9.17) is 0 Å². The van der Waals surface area contributed by atoms with Crippen LogP contribution in [0.5, 0.6) is 0 Å². The van der Waals surface area contributed by atoms with E-state index in [0.717, 1.165) is 34.0 Å². The molecule has 6 nitrogen and oxygen atoms in total. The SMILES string of the molecule is CC(C)CC#Cc1ccc2ncnc(Nc3ccc4c(ccn4S(=O)(=O)c4ccccc4)c3)c2c1. The molecule has 0 aliphatic rings. The summed E-state index contributed by atoms with van der Waals surface area (Å²) in [5.41, 5.74) is 3.13. The fourth-order valence-electron chi connectivity index (χ4n) is 3.84. The van der Waals surface area contributed by atoms with Crippen LogP contribution in [-0.4, -0.2) is 22.4 Å². The van der Waals surface area contributed by atoms with Gasteiger partial charge in [-0.25, -0.2) is 22.4 Å². The number of aromatic nitrogens is 3. The van der Waals surface area contributed by atoms with Gasteiger partial charge in [0.15, 0.2) is 0 Å². The lowest BCUT2D eigenvalue weighted by atomic mass is 10.1. The summed E-state index contributed by atoms with van der Waals surface area (Å²) in [6.45, 7) is 4.29. The molecule has 3 aromatic carbocycles. The van der Waals surface area contributed by atoms with Gasteiger partial charge in [0, 0.05) is 34.6 Å². The number of hydrogen-bond acceptors (Lipinski definition) is 5. The quantitative estimate of drug-likeness (QED) is 0.314. The Kier molecular flexibility index (Phi) is 5.98. The molecule has 2 aromatic heterocycles. The monoisotopic (exact) mass is 480 g/mol. The van der Waals surface area contributed by atoms with Gasteiger partial charge in [-0.3, -0.25) is 0 Å². The third-order valence-corrected chi connectivity index (χ3v) is 7.30. The second-order valence-electron chi connectivity index (χ2n) is 8.68. The Morgan fingerprint density at radius 1 is 0.971 bits per heavy atom. The van der Waals surface area contributed by atoms with Crippen molar-refractivity contribution in [2.75, 3.05) is 5.32 Å². The highest BCUT2D eigenvalue weighted by molar-refractivity contribution is 7.90. The maximum absolute atomic E-state index is 13.1. The zero-order valence-corrected chi connectivity index (χ0v) is 20.3. The Bertz CT molecular complexity index is 1700. The van der Waals surface area contributed by atoms with E-state index >= 15 is 0 Å². The average molecular weight is 481 g/mol. The van der Waals surface area contributed by atoms with Gasteiger partial charge in [-0.1, -0.05) is 43.9 Å². The molecule has 0 amide bonds. The first kappa shape index (κ1) is 22.6. The van der Waals surface area contributed by atoms with Gasteiger partial charge in [0.1, 0.15) is 12.1 Å². The molecule has 5 rings (SSSR count). The van der Waals surface area contributed by atoms with Crippen molar-refractivity contribution in [1.29, 1.82) is 0 Å². The normalized spacial score (nSPS) is 11.5. The summed E-state index contributed by atoms with van der Waals surface area (Å²) >= 11 is 0. The van der Waals surface area contributed by atoms with Crippen molar-refractivity contribution < 1.29 is 8.42 Å². The van der Waals surface area contributed by atoms with Crippen molar-refractivity contribution in [2.45, 2.75) is 25.2 Å². The molecule has 0 saturated carbocycles. The molecular formula is C28H24N4O2S. The Balaban J connectivity index is 1.48. The highest BCUT2D eigenvalue weighted by Crippen LogP contribution is 2.28. The number of rotatable bonds is 5. The van der Waals surface area contributed by atoms with Crippen LogP contribution in [0.15, 0.2) is 90.2 Å². The van der Waals surface area contributed by atoms with Crippen LogP contribution in [0.25, 0.3) is 21.8 Å². The fourth-order valence-corrected chi connectivity index (χ4v) is 5.21. The summed E-state index contributed by atoms with van der Waals surface area (Å²) in [4.78, 5) is 9.07. The molecule has 1 N–H and O–H groups in total. The summed E-state index contributed by atoms with van der Waals surface area (Å²) < 4.78 is 27.5. The maximum Gasteiger partial charge on any atom is 0.268 e. The van der Waals surface area contributed by atoms with Crippen LogP contribution in [0.3, 0.4) is 0 Å². The zero-order chi connectivity index (χ0) is 24.4. The van der Waals surface area contributed by atoms with Crippen molar-refractivity contribution in [2.24, 2.45) is 5.92 Å². The predicted molar refractivity (Wildman–Crippen MR) is 140 cm³/mol. The van der Waals surface area contributed by atoms with Gasteiger partial charge in [-0.2, -0.15) is 0 Å². The molecule has 2 heterocycles. The lowest BCUT2D eigenvalue weighted by Gasteiger charge is -2.10. The molecule has 0 aliphatic heterocycles. The summed E-state index contributed by atoms with van der Waals surface area (Å²) in [5.74, 6) is 7.63. The lowest BCUT2D eigenvalue weighted by Crippen LogP contribution is -2.11. The number of nitrogens with zero attached hydrogens (tertiary/aromatic N) is 3. The third-order valence-electron chi connectivity index (χ3n) is 5.60. The summed E-state index contributed by atoms with van der Waals surface area (Å²) in [7, 11) is -3.68. The molecule has 0 bridgehead atoms. The van der Waals surface area contributed by atoms with Crippen molar-refractivity contribution in [3.05, 3.63) is 90.9 Å². The second-order valence-corrected chi connectivity index (χ2v) is 10.5. The van der Waals surface area contributed by atoms with Crippen molar-refractivity contribution in [3.8, 4) is 11.8 Å². The molecule has 35 heavy (non-hydrogen) atoms. The molecule has 0 fully saturated rings. The Hall–Kier alpha value is -4.15. The first-order valence-electron chi connectivity index (χ1n) is 11.3. The van der Waals surface area contributed by atoms with Crippen LogP contribution in [0.4, 0.5) is 11.5 Å². The molecule has 0 unspecified atom stereocenters. The first-order valence-corrected chi connectivity index (χ1v) is 12.8. The molecule has 7 heteroatoms. The summed E-state index contributed by atoms with van der Waals surface area (Å²) in [6, 6.07) is 21.7. The summed E-state index contributed by atoms with van der Waals surface area (Å²) in [5, 5.41) is 5.03. The smallest absolute Gasteiger partial charge is 0.268 e. The standard InChI is InChI=1S/C28H24N4O2S/c1-20(2)7-6-8-21-11-13-26-25(17-21)28(30-19-29-26)31-23-12-14-27-22(18-23)15-16-32(27)35(33,34)24-9-4-3-5-10-24/h3-5,9-20H,7H2,1-2H3,(H,29,30,31). The van der Waals surface area contributed by atoms with Crippen LogP contribution in [0.2, 0.25) is 0 Å². The van der Waals surface area contributed by atoms with E-state index in [0.29, 0.717) is 17.3 Å². The van der Waals surface area contributed by atoms with Crippen molar-refractivity contribution in [3.63, 3.8) is 0 Å². The van der Waals surface area contributed by atoms with Crippen LogP contribution >= 0.6 is 0 Å². The molecule has 174 valence electrons. The predicted octanol–water partition coefficient (Wildman–Crippen LogP) is 5.96. The highest BCUT2D eigenvalue weighted by atomic mass is 32.2. The van der Waals surface area contributed by atoms with E-state index in [1.54, 1.807) is 48.7 Å². The van der Waals surface area contributed by atoms with Crippen LogP contribution in [0.1, 0.15) is 25.8 Å². The number of fused-ring (bicyclic) bond motifs is 2. The molecule has 0 aliphatic carbocycles. The zero-order valence-electron chi connectivity index (χ0n) is 19.4. The average Bonchev–Trinajstić information content (AvgIpc) is 3.29. The van der Waals surface area contributed by atoms with Crippen molar-refractivity contribution in [1.82, 2.24) is 13.9 Å². The molecule has 0 saturated heterocycles. The van der Waals surface area contributed by atoms with Gasteiger partial charge >= 0.3 is 0 Å². The fraction of sp³-hybridized carbons (Fsp3) is 0.143. The van der Waals surface area contributed by atoms with Crippen LogP contribution in [0, 0.1) is 17.8 Å². The Labute approximate surface area is 204 Å². The van der Waals surface area contributed by atoms with E-state index in [9.17, 15) is 8.42 Å². The van der Waals surface area contributed by atoms with Gasteiger partial charge in [-0.15, -0.1) is 0 Å². The Morgan fingerprint density at radius 3 is 2.60 bits per heavy atom. The van der Waals surface area contributed by atoms with E-state index in [-0.39, 0.29) is 4.90 Å². The topological polar surface area (TPSA) is 76.9 Å². The third kappa shape index (κ3) is 4.61. The van der Waals surface area contributed by atoms with Gasteiger partial charge in [-0.05, 0) is 60.5 Å².